The number of carbonyl (C=O) groups is 2. The molecule has 2 aliphatic rings. The molecule has 2 aromatic rings. The molecule has 5 nitrogen and oxygen atoms in total. The van der Waals surface area contributed by atoms with Crippen molar-refractivity contribution >= 4 is 17.5 Å². The van der Waals surface area contributed by atoms with Gasteiger partial charge in [0, 0.05) is 49.6 Å². The normalized spacial score (nSPS) is 16.5. The Labute approximate surface area is 147 Å². The van der Waals surface area contributed by atoms with Gasteiger partial charge in [-0.05, 0) is 54.2 Å². The minimum Gasteiger partial charge on any atom is -0.352 e. The average Bonchev–Trinajstić information content (AvgIpc) is 3.48. The number of anilines is 1. The molecule has 2 amide bonds. The van der Waals surface area contributed by atoms with Gasteiger partial charge in [-0.1, -0.05) is 6.07 Å². The first-order chi connectivity index (χ1) is 12.1. The van der Waals surface area contributed by atoms with E-state index < -0.39 is 0 Å². The fraction of sp³-hybridized carbons (Fsp3) is 0.350. The predicted molar refractivity (Wildman–Crippen MR) is 96.0 cm³/mol. The van der Waals surface area contributed by atoms with Crippen molar-refractivity contribution in [2.24, 2.45) is 5.92 Å². The van der Waals surface area contributed by atoms with Gasteiger partial charge in [0.1, 0.15) is 0 Å². The van der Waals surface area contributed by atoms with E-state index >= 15 is 0 Å². The fourth-order valence-corrected chi connectivity index (χ4v) is 3.26. The van der Waals surface area contributed by atoms with Crippen LogP contribution in [0.2, 0.25) is 0 Å². The number of rotatable bonds is 4. The number of aromatic nitrogens is 1. The third-order valence-electron chi connectivity index (χ3n) is 4.97. The van der Waals surface area contributed by atoms with E-state index in [1.54, 1.807) is 11.1 Å². The topological polar surface area (TPSA) is 62.3 Å². The molecule has 0 saturated heterocycles. The summed E-state index contributed by atoms with van der Waals surface area (Å²) in [7, 11) is 1.82. The number of fused-ring (bicyclic) bond motifs is 1. The van der Waals surface area contributed by atoms with Gasteiger partial charge in [-0.3, -0.25) is 14.6 Å². The lowest BCUT2D eigenvalue weighted by molar-refractivity contribution is -0.122. The van der Waals surface area contributed by atoms with E-state index in [9.17, 15) is 9.59 Å². The number of carbonyl (C=O) groups excluding carboxylic acids is 2. The molecule has 1 aromatic carbocycles. The summed E-state index contributed by atoms with van der Waals surface area (Å²) in [6, 6.07) is 8.24. The van der Waals surface area contributed by atoms with Crippen molar-refractivity contribution < 1.29 is 9.59 Å². The van der Waals surface area contributed by atoms with Crippen LogP contribution in [0.15, 0.2) is 36.7 Å². The summed E-state index contributed by atoms with van der Waals surface area (Å²) < 4.78 is 0. The zero-order valence-electron chi connectivity index (χ0n) is 14.3. The van der Waals surface area contributed by atoms with Gasteiger partial charge in [0.15, 0.2) is 0 Å². The van der Waals surface area contributed by atoms with Crippen LogP contribution in [0.4, 0.5) is 5.69 Å². The quantitative estimate of drug-likeness (QED) is 0.934. The monoisotopic (exact) mass is 335 g/mol. The number of aryl methyl sites for hydroxylation is 1. The highest BCUT2D eigenvalue weighted by Gasteiger charge is 2.29. The Hall–Kier alpha value is -2.69. The van der Waals surface area contributed by atoms with Gasteiger partial charge in [0.25, 0.3) is 0 Å². The number of nitrogens with one attached hydrogen (secondary N) is 1. The number of pyridine rings is 1. The largest absolute Gasteiger partial charge is 0.352 e. The number of hydrogen-bond donors (Lipinski definition) is 1. The van der Waals surface area contributed by atoms with Crippen LogP contribution < -0.4 is 10.2 Å². The Morgan fingerprint density at radius 3 is 2.84 bits per heavy atom. The minimum absolute atomic E-state index is 0.145. The van der Waals surface area contributed by atoms with Crippen LogP contribution in [0.3, 0.4) is 0 Å². The van der Waals surface area contributed by atoms with Crippen LogP contribution in [0, 0.1) is 5.92 Å². The van der Waals surface area contributed by atoms with Gasteiger partial charge in [-0.25, -0.2) is 0 Å². The molecule has 1 fully saturated rings. The van der Waals surface area contributed by atoms with E-state index in [0.29, 0.717) is 13.0 Å². The van der Waals surface area contributed by atoms with Gasteiger partial charge in [0.05, 0.1) is 0 Å². The van der Waals surface area contributed by atoms with Crippen LogP contribution in [0.5, 0.6) is 0 Å². The third kappa shape index (κ3) is 3.27. The van der Waals surface area contributed by atoms with Crippen molar-refractivity contribution in [1.82, 2.24) is 10.3 Å². The Morgan fingerprint density at radius 1 is 1.20 bits per heavy atom. The summed E-state index contributed by atoms with van der Waals surface area (Å²) in [6.45, 7) is 0.512. The molecule has 25 heavy (non-hydrogen) atoms. The highest BCUT2D eigenvalue weighted by Crippen LogP contribution is 2.31. The maximum absolute atomic E-state index is 11.8. The molecular formula is C20H21N3O2. The maximum atomic E-state index is 11.8. The highest BCUT2D eigenvalue weighted by atomic mass is 16.2. The van der Waals surface area contributed by atoms with Gasteiger partial charge in [-0.15, -0.1) is 0 Å². The molecule has 2 heterocycles. The molecule has 1 N–H and O–H groups in total. The standard InChI is InChI=1S/C20H21N3O2/c1-23-18-6-4-15(9-16(18)5-7-19(23)24)17-8-13(10-21-12-17)11-22-20(25)14-2-3-14/h4,6,8-10,12,14H,2-3,5,7,11H2,1H3,(H,22,25). The lowest BCUT2D eigenvalue weighted by Gasteiger charge is -2.26. The maximum Gasteiger partial charge on any atom is 0.227 e. The van der Waals surface area contributed by atoms with Gasteiger partial charge in [0.2, 0.25) is 11.8 Å². The minimum atomic E-state index is 0.145. The second-order valence-corrected chi connectivity index (χ2v) is 6.87. The molecule has 0 spiro atoms. The molecule has 0 atom stereocenters. The van der Waals surface area contributed by atoms with Crippen molar-refractivity contribution in [2.45, 2.75) is 32.2 Å². The summed E-state index contributed by atoms with van der Waals surface area (Å²) in [6.07, 6.45) is 6.98. The Kier molecular flexibility index (Phi) is 3.99. The van der Waals surface area contributed by atoms with Crippen LogP contribution in [0.1, 0.15) is 30.4 Å². The lowest BCUT2D eigenvalue weighted by atomic mass is 9.96. The van der Waals surface area contributed by atoms with Crippen molar-refractivity contribution in [3.63, 3.8) is 0 Å². The molecule has 0 unspecified atom stereocenters. The molecule has 128 valence electrons. The molecule has 5 heteroatoms. The fourth-order valence-electron chi connectivity index (χ4n) is 3.26. The summed E-state index contributed by atoms with van der Waals surface area (Å²) in [5, 5.41) is 2.98. The first-order valence-corrected chi connectivity index (χ1v) is 8.73. The number of benzene rings is 1. The number of hydrogen-bond acceptors (Lipinski definition) is 3. The summed E-state index contributed by atoms with van der Waals surface area (Å²) in [5.41, 5.74) is 5.29. The molecule has 1 aliphatic heterocycles. The first kappa shape index (κ1) is 15.8. The first-order valence-electron chi connectivity index (χ1n) is 8.73. The molecule has 0 bridgehead atoms. The molecule has 0 radical (unpaired) electrons. The Morgan fingerprint density at radius 2 is 2.04 bits per heavy atom. The number of amides is 2. The van der Waals surface area contributed by atoms with Crippen molar-refractivity contribution in [1.29, 1.82) is 0 Å². The summed E-state index contributed by atoms with van der Waals surface area (Å²) in [4.78, 5) is 29.7. The van der Waals surface area contributed by atoms with E-state index in [2.05, 4.69) is 22.4 Å². The zero-order valence-corrected chi connectivity index (χ0v) is 14.3. The van der Waals surface area contributed by atoms with E-state index in [-0.39, 0.29) is 17.7 Å². The van der Waals surface area contributed by atoms with Crippen molar-refractivity contribution in [3.8, 4) is 11.1 Å². The van der Waals surface area contributed by atoms with Crippen LogP contribution in [0.25, 0.3) is 11.1 Å². The number of nitrogens with zero attached hydrogens (tertiary/aromatic N) is 2. The smallest absolute Gasteiger partial charge is 0.227 e. The van der Waals surface area contributed by atoms with E-state index in [4.69, 9.17) is 0 Å². The average molecular weight is 335 g/mol. The highest BCUT2D eigenvalue weighted by molar-refractivity contribution is 5.96. The lowest BCUT2D eigenvalue weighted by Crippen LogP contribution is -2.30. The molecule has 1 aromatic heterocycles. The van der Waals surface area contributed by atoms with E-state index in [1.165, 1.54) is 5.56 Å². The second kappa shape index (κ2) is 6.31. The summed E-state index contributed by atoms with van der Waals surface area (Å²) in [5.74, 6) is 0.527. The van der Waals surface area contributed by atoms with Crippen LogP contribution in [-0.4, -0.2) is 23.8 Å². The van der Waals surface area contributed by atoms with Crippen molar-refractivity contribution in [3.05, 3.63) is 47.8 Å². The Bertz CT molecular complexity index is 843. The van der Waals surface area contributed by atoms with Gasteiger partial charge >= 0.3 is 0 Å². The third-order valence-corrected chi connectivity index (χ3v) is 4.97. The van der Waals surface area contributed by atoms with E-state index in [1.807, 2.05) is 25.4 Å². The second-order valence-electron chi connectivity index (χ2n) is 6.87. The van der Waals surface area contributed by atoms with E-state index in [0.717, 1.165) is 41.6 Å². The molecule has 1 aliphatic carbocycles. The molecular weight excluding hydrogens is 314 g/mol. The Balaban J connectivity index is 1.54. The molecule has 1 saturated carbocycles. The summed E-state index contributed by atoms with van der Waals surface area (Å²) >= 11 is 0. The predicted octanol–water partition coefficient (Wildman–Crippen LogP) is 2.68. The van der Waals surface area contributed by atoms with Gasteiger partial charge in [-0.2, -0.15) is 0 Å². The SMILES string of the molecule is CN1C(=O)CCc2cc(-c3cncc(CNC(=O)C4CC4)c3)ccc21. The molecule has 4 rings (SSSR count). The van der Waals surface area contributed by atoms with Crippen LogP contribution >= 0.6 is 0 Å². The zero-order chi connectivity index (χ0) is 17.4. The van der Waals surface area contributed by atoms with Gasteiger partial charge < -0.3 is 10.2 Å². The van der Waals surface area contributed by atoms with Crippen LogP contribution in [-0.2, 0) is 22.6 Å². The van der Waals surface area contributed by atoms with Crippen molar-refractivity contribution in [2.75, 3.05) is 11.9 Å².